The Kier molecular flexibility index (Phi) is 5.25. The molecule has 0 aromatic carbocycles. The molecule has 0 bridgehead atoms. The molecule has 114 valence electrons. The van der Waals surface area contributed by atoms with E-state index in [9.17, 15) is 0 Å². The normalized spacial score (nSPS) is 9.82. The summed E-state index contributed by atoms with van der Waals surface area (Å²) < 4.78 is 3.89. The first-order chi connectivity index (χ1) is 10.7. The molecule has 4 aromatic heterocycles. The fraction of sp³-hybridized carbons (Fsp3) is 0.235. The summed E-state index contributed by atoms with van der Waals surface area (Å²) in [5.74, 6) is 0.764. The molecule has 4 heterocycles. The van der Waals surface area contributed by atoms with Crippen molar-refractivity contribution >= 4 is 11.4 Å². The van der Waals surface area contributed by atoms with Crippen LogP contribution in [0.4, 0.5) is 0 Å². The number of nitrogens with zero attached hydrogens (tertiary/aromatic N) is 5. The molecule has 0 aliphatic rings. The molecule has 5 nitrogen and oxygen atoms in total. The van der Waals surface area contributed by atoms with Crippen LogP contribution in [0.1, 0.15) is 25.2 Å². The predicted molar refractivity (Wildman–Crippen MR) is 89.0 cm³/mol. The zero-order valence-electron chi connectivity index (χ0n) is 13.4. The molecule has 0 saturated heterocycles. The first kappa shape index (κ1) is 15.7. The minimum absolute atomic E-state index is 0.764. The fourth-order valence-corrected chi connectivity index (χ4v) is 1.95. The molecule has 0 fully saturated rings. The van der Waals surface area contributed by atoms with Crippen molar-refractivity contribution in [2.75, 3.05) is 0 Å². The third kappa shape index (κ3) is 3.69. The average molecular weight is 295 g/mol. The van der Waals surface area contributed by atoms with Gasteiger partial charge in [-0.05, 0) is 32.0 Å². The minimum atomic E-state index is 0.764. The van der Waals surface area contributed by atoms with Gasteiger partial charge in [-0.25, -0.2) is 15.0 Å². The highest BCUT2D eigenvalue weighted by Crippen LogP contribution is 2.01. The number of pyridine rings is 1. The van der Waals surface area contributed by atoms with Crippen LogP contribution in [0.25, 0.3) is 11.4 Å². The number of hydrogen-bond acceptors (Lipinski definition) is 3. The highest BCUT2D eigenvalue weighted by molar-refractivity contribution is 5.38. The van der Waals surface area contributed by atoms with Gasteiger partial charge in [0.1, 0.15) is 5.65 Å². The predicted octanol–water partition coefficient (Wildman–Crippen LogP) is 3.71. The molecule has 5 heteroatoms. The zero-order valence-corrected chi connectivity index (χ0v) is 13.4. The third-order valence-corrected chi connectivity index (χ3v) is 2.89. The lowest BCUT2D eigenvalue weighted by atomic mass is 10.5. The molecule has 0 aliphatic carbocycles. The Balaban J connectivity index is 0.000000144. The number of fused-ring (bicyclic) bond motifs is 2. The molecule has 0 saturated carbocycles. The molecule has 0 atom stereocenters. The van der Waals surface area contributed by atoms with Crippen molar-refractivity contribution in [1.29, 1.82) is 0 Å². The zero-order chi connectivity index (χ0) is 15.9. The van der Waals surface area contributed by atoms with Crippen LogP contribution in [0.3, 0.4) is 0 Å². The largest absolute Gasteiger partial charge is 0.307 e. The number of rotatable bonds is 0. The van der Waals surface area contributed by atoms with Crippen LogP contribution < -0.4 is 0 Å². The standard InChI is InChI=1S/C8H8N2.C7H7N3.C2H6/c1-7-6-10-5-3-2-4-8(10)9-7;1-6-2-4-10-5-3-8-7(10)9-6;1-2/h2-6H,1H3;2-5H,1H3;1-2H3. The van der Waals surface area contributed by atoms with Crippen molar-refractivity contribution < 1.29 is 0 Å². The van der Waals surface area contributed by atoms with Crippen LogP contribution in [0.5, 0.6) is 0 Å². The number of aromatic nitrogens is 5. The second-order valence-corrected chi connectivity index (χ2v) is 4.55. The first-order valence-corrected chi connectivity index (χ1v) is 7.39. The van der Waals surface area contributed by atoms with Crippen LogP contribution in [-0.2, 0) is 0 Å². The smallest absolute Gasteiger partial charge is 0.233 e. The highest BCUT2D eigenvalue weighted by atomic mass is 15.1. The maximum atomic E-state index is 4.28. The molecule has 22 heavy (non-hydrogen) atoms. The maximum Gasteiger partial charge on any atom is 0.233 e. The topological polar surface area (TPSA) is 47.5 Å². The summed E-state index contributed by atoms with van der Waals surface area (Å²) in [4.78, 5) is 12.5. The Bertz CT molecular complexity index is 811. The van der Waals surface area contributed by atoms with E-state index in [4.69, 9.17) is 0 Å². The van der Waals surface area contributed by atoms with E-state index in [0.29, 0.717) is 0 Å². The summed E-state index contributed by atoms with van der Waals surface area (Å²) in [5.41, 5.74) is 3.07. The first-order valence-electron chi connectivity index (χ1n) is 7.39. The number of imidazole rings is 2. The molecule has 4 aromatic rings. The Labute approximate surface area is 130 Å². The van der Waals surface area contributed by atoms with E-state index in [1.165, 1.54) is 0 Å². The molecule has 0 aliphatic heterocycles. The SMILES string of the molecule is CC.Cc1ccn2ccnc2n1.Cc1cn2ccccc2n1. The van der Waals surface area contributed by atoms with Crippen LogP contribution in [0, 0.1) is 13.8 Å². The molecular weight excluding hydrogens is 274 g/mol. The maximum absolute atomic E-state index is 4.28. The van der Waals surface area contributed by atoms with Gasteiger partial charge in [-0.15, -0.1) is 0 Å². The molecule has 0 spiro atoms. The second-order valence-electron chi connectivity index (χ2n) is 4.55. The quantitative estimate of drug-likeness (QED) is 0.497. The van der Waals surface area contributed by atoms with Gasteiger partial charge in [0.15, 0.2) is 0 Å². The van der Waals surface area contributed by atoms with Crippen molar-refractivity contribution in [3.8, 4) is 0 Å². The van der Waals surface area contributed by atoms with E-state index < -0.39 is 0 Å². The van der Waals surface area contributed by atoms with Gasteiger partial charge in [0, 0.05) is 36.7 Å². The monoisotopic (exact) mass is 295 g/mol. The second kappa shape index (κ2) is 7.36. The van der Waals surface area contributed by atoms with Gasteiger partial charge < -0.3 is 4.40 Å². The van der Waals surface area contributed by atoms with E-state index in [-0.39, 0.29) is 0 Å². The molecular formula is C17H21N5. The Morgan fingerprint density at radius 2 is 1.64 bits per heavy atom. The van der Waals surface area contributed by atoms with Crippen molar-refractivity contribution in [3.63, 3.8) is 0 Å². The Hall–Kier alpha value is -2.69. The van der Waals surface area contributed by atoms with E-state index in [1.807, 2.05) is 85.5 Å². The summed E-state index contributed by atoms with van der Waals surface area (Å²) >= 11 is 0. The molecule has 4 rings (SSSR count). The molecule has 0 radical (unpaired) electrons. The van der Waals surface area contributed by atoms with Gasteiger partial charge in [0.2, 0.25) is 5.78 Å². The van der Waals surface area contributed by atoms with Gasteiger partial charge >= 0.3 is 0 Å². The van der Waals surface area contributed by atoms with Gasteiger partial charge in [0.25, 0.3) is 0 Å². The van der Waals surface area contributed by atoms with Crippen LogP contribution >= 0.6 is 0 Å². The van der Waals surface area contributed by atoms with E-state index >= 15 is 0 Å². The fourth-order valence-electron chi connectivity index (χ4n) is 1.95. The van der Waals surface area contributed by atoms with Gasteiger partial charge in [-0.1, -0.05) is 19.9 Å². The number of aryl methyl sites for hydroxylation is 2. The van der Waals surface area contributed by atoms with Crippen molar-refractivity contribution in [2.45, 2.75) is 27.7 Å². The van der Waals surface area contributed by atoms with Gasteiger partial charge in [0.05, 0.1) is 5.69 Å². The van der Waals surface area contributed by atoms with Crippen molar-refractivity contribution in [2.24, 2.45) is 0 Å². The summed E-state index contributed by atoms with van der Waals surface area (Å²) in [5, 5.41) is 0. The Morgan fingerprint density at radius 1 is 0.818 bits per heavy atom. The van der Waals surface area contributed by atoms with Crippen molar-refractivity contribution in [1.82, 2.24) is 23.8 Å². The number of hydrogen-bond donors (Lipinski definition) is 0. The summed E-state index contributed by atoms with van der Waals surface area (Å²) in [7, 11) is 0. The summed E-state index contributed by atoms with van der Waals surface area (Å²) in [6.45, 7) is 7.95. The average Bonchev–Trinajstić information content (AvgIpc) is 3.14. The lowest BCUT2D eigenvalue weighted by molar-refractivity contribution is 1.07. The van der Waals surface area contributed by atoms with E-state index in [1.54, 1.807) is 6.20 Å². The van der Waals surface area contributed by atoms with Crippen LogP contribution in [0.2, 0.25) is 0 Å². The van der Waals surface area contributed by atoms with Gasteiger partial charge in [-0.2, -0.15) is 0 Å². The third-order valence-electron chi connectivity index (χ3n) is 2.89. The molecule has 0 unspecified atom stereocenters. The van der Waals surface area contributed by atoms with Gasteiger partial charge in [-0.3, -0.25) is 4.40 Å². The molecule has 0 amide bonds. The van der Waals surface area contributed by atoms with Crippen molar-refractivity contribution in [3.05, 3.63) is 66.6 Å². The minimum Gasteiger partial charge on any atom is -0.307 e. The summed E-state index contributed by atoms with van der Waals surface area (Å²) in [6, 6.07) is 7.93. The van der Waals surface area contributed by atoms with E-state index in [0.717, 1.165) is 22.8 Å². The highest BCUT2D eigenvalue weighted by Gasteiger charge is 1.92. The van der Waals surface area contributed by atoms with E-state index in [2.05, 4.69) is 15.0 Å². The van der Waals surface area contributed by atoms with Crippen LogP contribution in [-0.4, -0.2) is 23.8 Å². The van der Waals surface area contributed by atoms with Crippen LogP contribution in [0.15, 0.2) is 55.2 Å². The lowest BCUT2D eigenvalue weighted by Gasteiger charge is -1.91. The Morgan fingerprint density at radius 3 is 2.41 bits per heavy atom. The lowest BCUT2D eigenvalue weighted by Crippen LogP contribution is -1.88. The molecule has 0 N–H and O–H groups in total. The summed E-state index contributed by atoms with van der Waals surface area (Å²) in [6.07, 6.45) is 9.57.